The van der Waals surface area contributed by atoms with Crippen LogP contribution in [0.3, 0.4) is 0 Å². The molecule has 0 heterocycles. The van der Waals surface area contributed by atoms with Crippen LogP contribution in [-0.2, 0) is 0 Å². The Morgan fingerprint density at radius 1 is 1.20 bits per heavy atom. The second kappa shape index (κ2) is 7.17. The minimum absolute atomic E-state index is 0.457. The van der Waals surface area contributed by atoms with Crippen molar-refractivity contribution in [2.45, 2.75) is 6.92 Å². The van der Waals surface area contributed by atoms with E-state index in [-0.39, 0.29) is 0 Å². The molecule has 0 aliphatic rings. The molecular formula is C15H14BrN3S. The maximum Gasteiger partial charge on any atom is 0.191 e. The van der Waals surface area contributed by atoms with Gasteiger partial charge >= 0.3 is 0 Å². The molecule has 20 heavy (non-hydrogen) atoms. The second-order valence-electron chi connectivity index (χ2n) is 4.22. The fourth-order valence-corrected chi connectivity index (χ4v) is 2.18. The zero-order valence-corrected chi connectivity index (χ0v) is 13.3. The van der Waals surface area contributed by atoms with Gasteiger partial charge in [-0.2, -0.15) is 5.10 Å². The molecule has 2 aromatic rings. The third-order valence-corrected chi connectivity index (χ3v) is 3.47. The molecule has 0 radical (unpaired) electrons. The number of thiocarbonyl (C=S) groups is 1. The van der Waals surface area contributed by atoms with E-state index in [1.165, 1.54) is 5.56 Å². The van der Waals surface area contributed by atoms with Crippen molar-refractivity contribution in [3.05, 3.63) is 64.1 Å². The second-order valence-corrected chi connectivity index (χ2v) is 5.48. The number of hydrogen-bond donors (Lipinski definition) is 2. The topological polar surface area (TPSA) is 36.4 Å². The average Bonchev–Trinajstić information content (AvgIpc) is 2.41. The normalized spacial score (nSPS) is 10.5. The predicted octanol–water partition coefficient (Wildman–Crippen LogP) is 4.08. The summed E-state index contributed by atoms with van der Waals surface area (Å²) >= 11 is 8.64. The Labute approximate surface area is 132 Å². The number of hydrazone groups is 1. The molecule has 5 heteroatoms. The van der Waals surface area contributed by atoms with Gasteiger partial charge in [0.15, 0.2) is 5.11 Å². The van der Waals surface area contributed by atoms with Gasteiger partial charge in [-0.3, -0.25) is 5.43 Å². The molecule has 102 valence electrons. The first-order valence-electron chi connectivity index (χ1n) is 6.06. The zero-order valence-electron chi connectivity index (χ0n) is 10.9. The Bertz CT molecular complexity index is 641. The molecule has 2 rings (SSSR count). The van der Waals surface area contributed by atoms with Crippen molar-refractivity contribution in [1.29, 1.82) is 0 Å². The van der Waals surface area contributed by atoms with Crippen LogP contribution in [0.25, 0.3) is 0 Å². The van der Waals surface area contributed by atoms with Crippen LogP contribution in [0.2, 0.25) is 0 Å². The molecule has 0 atom stereocenters. The summed E-state index contributed by atoms with van der Waals surface area (Å²) < 4.78 is 0.989. The van der Waals surface area contributed by atoms with Gasteiger partial charge in [0, 0.05) is 15.7 Å². The highest BCUT2D eigenvalue weighted by atomic mass is 79.9. The van der Waals surface area contributed by atoms with Gasteiger partial charge in [0.1, 0.15) is 0 Å². The number of halogens is 1. The molecule has 3 nitrogen and oxygen atoms in total. The van der Waals surface area contributed by atoms with Crippen LogP contribution in [0.5, 0.6) is 0 Å². The lowest BCUT2D eigenvalue weighted by Crippen LogP contribution is -2.23. The van der Waals surface area contributed by atoms with Crippen LogP contribution in [-0.4, -0.2) is 11.3 Å². The van der Waals surface area contributed by atoms with Gasteiger partial charge in [0.2, 0.25) is 0 Å². The van der Waals surface area contributed by atoms with Crippen molar-refractivity contribution < 1.29 is 0 Å². The van der Waals surface area contributed by atoms with Gasteiger partial charge in [-0.05, 0) is 42.9 Å². The number of rotatable bonds is 3. The first-order chi connectivity index (χ1) is 9.65. The van der Waals surface area contributed by atoms with Crippen LogP contribution >= 0.6 is 28.1 Å². The van der Waals surface area contributed by atoms with Crippen LogP contribution < -0.4 is 10.7 Å². The average molecular weight is 348 g/mol. The van der Waals surface area contributed by atoms with Crippen molar-refractivity contribution in [3.8, 4) is 0 Å². The number of benzene rings is 2. The summed E-state index contributed by atoms with van der Waals surface area (Å²) in [5, 5.41) is 7.65. The molecule has 0 bridgehead atoms. The third-order valence-electron chi connectivity index (χ3n) is 2.55. The molecule has 0 fully saturated rings. The number of nitrogens with one attached hydrogen (secondary N) is 2. The lowest BCUT2D eigenvalue weighted by atomic mass is 10.2. The van der Waals surface area contributed by atoms with E-state index in [4.69, 9.17) is 12.2 Å². The van der Waals surface area contributed by atoms with Gasteiger partial charge in [0.25, 0.3) is 0 Å². The first kappa shape index (κ1) is 14.7. The van der Waals surface area contributed by atoms with Crippen molar-refractivity contribution in [2.24, 2.45) is 5.10 Å². The van der Waals surface area contributed by atoms with Gasteiger partial charge in [-0.25, -0.2) is 0 Å². The molecule has 0 amide bonds. The lowest BCUT2D eigenvalue weighted by molar-refractivity contribution is 1.05. The standard InChI is InChI=1S/C15H14BrN3S/c1-11-5-4-7-13(9-11)18-15(20)19-17-10-12-6-2-3-8-14(12)16/h2-10H,1H3,(H2,18,19,20)/b17-10+. The van der Waals surface area contributed by atoms with E-state index in [9.17, 15) is 0 Å². The minimum Gasteiger partial charge on any atom is -0.331 e. The molecule has 0 saturated heterocycles. The predicted molar refractivity (Wildman–Crippen MR) is 92.3 cm³/mol. The van der Waals surface area contributed by atoms with Crippen LogP contribution in [0, 0.1) is 6.92 Å². The molecule has 0 aliphatic heterocycles. The largest absolute Gasteiger partial charge is 0.331 e. The highest BCUT2D eigenvalue weighted by Crippen LogP contribution is 2.13. The highest BCUT2D eigenvalue weighted by molar-refractivity contribution is 9.10. The Morgan fingerprint density at radius 3 is 2.75 bits per heavy atom. The van der Waals surface area contributed by atoms with Crippen molar-refractivity contribution in [2.75, 3.05) is 5.32 Å². The van der Waals surface area contributed by atoms with Gasteiger partial charge in [-0.1, -0.05) is 46.3 Å². The summed E-state index contributed by atoms with van der Waals surface area (Å²) in [6.07, 6.45) is 1.72. The molecular weight excluding hydrogens is 334 g/mol. The summed E-state index contributed by atoms with van der Waals surface area (Å²) in [7, 11) is 0. The molecule has 0 aromatic heterocycles. The van der Waals surface area contributed by atoms with E-state index in [1.807, 2.05) is 55.5 Å². The van der Waals surface area contributed by atoms with Crippen molar-refractivity contribution >= 4 is 45.2 Å². The third kappa shape index (κ3) is 4.43. The first-order valence-corrected chi connectivity index (χ1v) is 7.26. The number of nitrogens with zero attached hydrogens (tertiary/aromatic N) is 1. The number of aryl methyl sites for hydroxylation is 1. The smallest absolute Gasteiger partial charge is 0.191 e. The monoisotopic (exact) mass is 347 g/mol. The Kier molecular flexibility index (Phi) is 5.26. The van der Waals surface area contributed by atoms with Crippen molar-refractivity contribution in [3.63, 3.8) is 0 Å². The van der Waals surface area contributed by atoms with Crippen LogP contribution in [0.1, 0.15) is 11.1 Å². The molecule has 0 saturated carbocycles. The number of hydrogen-bond acceptors (Lipinski definition) is 2. The van der Waals surface area contributed by atoms with E-state index in [0.29, 0.717) is 5.11 Å². The van der Waals surface area contributed by atoms with E-state index in [2.05, 4.69) is 31.8 Å². The Hall–Kier alpha value is -1.72. The molecule has 0 aliphatic carbocycles. The Balaban J connectivity index is 1.91. The molecule has 0 unspecified atom stereocenters. The summed E-state index contributed by atoms with van der Waals surface area (Å²) in [6.45, 7) is 2.03. The van der Waals surface area contributed by atoms with E-state index >= 15 is 0 Å². The summed E-state index contributed by atoms with van der Waals surface area (Å²) in [5.74, 6) is 0. The molecule has 2 N–H and O–H groups in total. The van der Waals surface area contributed by atoms with Crippen molar-refractivity contribution in [1.82, 2.24) is 5.43 Å². The fourth-order valence-electron chi connectivity index (χ4n) is 1.62. The summed E-state index contributed by atoms with van der Waals surface area (Å²) in [6, 6.07) is 15.8. The summed E-state index contributed by atoms with van der Waals surface area (Å²) in [5.41, 5.74) is 5.90. The SMILES string of the molecule is Cc1cccc(NC(=S)N/N=C/c2ccccc2Br)c1. The minimum atomic E-state index is 0.457. The van der Waals surface area contributed by atoms with Crippen LogP contribution in [0.4, 0.5) is 5.69 Å². The maximum atomic E-state index is 5.18. The fraction of sp³-hybridized carbons (Fsp3) is 0.0667. The van der Waals surface area contributed by atoms with Gasteiger partial charge in [-0.15, -0.1) is 0 Å². The highest BCUT2D eigenvalue weighted by Gasteiger charge is 1.97. The molecule has 0 spiro atoms. The molecule has 2 aromatic carbocycles. The Morgan fingerprint density at radius 2 is 2.00 bits per heavy atom. The summed E-state index contributed by atoms with van der Waals surface area (Å²) in [4.78, 5) is 0. The van der Waals surface area contributed by atoms with E-state index < -0.39 is 0 Å². The van der Waals surface area contributed by atoms with Crippen LogP contribution in [0.15, 0.2) is 58.1 Å². The number of anilines is 1. The maximum absolute atomic E-state index is 5.18. The van der Waals surface area contributed by atoms with E-state index in [1.54, 1.807) is 6.21 Å². The zero-order chi connectivity index (χ0) is 14.4. The van der Waals surface area contributed by atoms with Gasteiger partial charge < -0.3 is 5.32 Å². The quantitative estimate of drug-likeness (QED) is 0.499. The van der Waals surface area contributed by atoms with Gasteiger partial charge in [0.05, 0.1) is 6.21 Å². The van der Waals surface area contributed by atoms with E-state index in [0.717, 1.165) is 15.7 Å². The lowest BCUT2D eigenvalue weighted by Gasteiger charge is -2.07.